The Morgan fingerprint density at radius 2 is 2.31 bits per heavy atom. The average molecular weight is 201 g/mol. The Morgan fingerprint density at radius 1 is 1.62 bits per heavy atom. The standard InChI is InChI=1S/C9H13ClN2O/c1-6(2)13-9-3-7(4-11)8(10)5-12-9/h3,5-6H,4,11H2,1-2H3. The molecule has 72 valence electrons. The predicted molar refractivity (Wildman–Crippen MR) is 52.9 cm³/mol. The number of nitrogens with two attached hydrogens (primary N) is 1. The molecule has 1 aromatic rings. The molecule has 0 aliphatic heterocycles. The Hall–Kier alpha value is -0.800. The van der Waals surface area contributed by atoms with Gasteiger partial charge in [0.15, 0.2) is 0 Å². The van der Waals surface area contributed by atoms with Gasteiger partial charge in [-0.3, -0.25) is 0 Å². The van der Waals surface area contributed by atoms with Crippen molar-refractivity contribution >= 4 is 11.6 Å². The highest BCUT2D eigenvalue weighted by Gasteiger charge is 2.03. The van der Waals surface area contributed by atoms with E-state index in [1.807, 2.05) is 13.8 Å². The molecule has 4 heteroatoms. The van der Waals surface area contributed by atoms with Crippen LogP contribution in [0.3, 0.4) is 0 Å². The topological polar surface area (TPSA) is 48.1 Å². The third kappa shape index (κ3) is 2.86. The molecular formula is C9H13ClN2O. The van der Waals surface area contributed by atoms with Gasteiger partial charge in [-0.05, 0) is 19.4 Å². The number of nitrogens with zero attached hydrogens (tertiary/aromatic N) is 1. The summed E-state index contributed by atoms with van der Waals surface area (Å²) in [7, 11) is 0. The van der Waals surface area contributed by atoms with Crippen molar-refractivity contribution in [2.24, 2.45) is 5.73 Å². The van der Waals surface area contributed by atoms with Crippen LogP contribution in [0.1, 0.15) is 19.4 Å². The Morgan fingerprint density at radius 3 is 2.85 bits per heavy atom. The van der Waals surface area contributed by atoms with E-state index in [0.717, 1.165) is 5.56 Å². The Balaban J connectivity index is 2.86. The summed E-state index contributed by atoms with van der Waals surface area (Å²) < 4.78 is 5.39. The van der Waals surface area contributed by atoms with Crippen LogP contribution in [0.4, 0.5) is 0 Å². The van der Waals surface area contributed by atoms with E-state index >= 15 is 0 Å². The molecular weight excluding hydrogens is 188 g/mol. The van der Waals surface area contributed by atoms with Crippen molar-refractivity contribution in [3.8, 4) is 5.88 Å². The molecule has 0 aliphatic carbocycles. The van der Waals surface area contributed by atoms with Gasteiger partial charge in [0.1, 0.15) is 0 Å². The third-order valence-corrected chi connectivity index (χ3v) is 1.83. The molecule has 0 saturated carbocycles. The number of pyridine rings is 1. The molecule has 1 aromatic heterocycles. The lowest BCUT2D eigenvalue weighted by atomic mass is 10.3. The van der Waals surface area contributed by atoms with Crippen LogP contribution in [0.25, 0.3) is 0 Å². The summed E-state index contributed by atoms with van der Waals surface area (Å²) in [5, 5.41) is 0.582. The molecule has 0 radical (unpaired) electrons. The predicted octanol–water partition coefficient (Wildman–Crippen LogP) is 1.98. The van der Waals surface area contributed by atoms with Gasteiger partial charge in [0.2, 0.25) is 5.88 Å². The summed E-state index contributed by atoms with van der Waals surface area (Å²) in [6.07, 6.45) is 1.67. The highest BCUT2D eigenvalue weighted by molar-refractivity contribution is 6.31. The van der Waals surface area contributed by atoms with Crippen molar-refractivity contribution in [1.29, 1.82) is 0 Å². The fourth-order valence-electron chi connectivity index (χ4n) is 0.921. The van der Waals surface area contributed by atoms with Crippen molar-refractivity contribution in [1.82, 2.24) is 4.98 Å². The van der Waals surface area contributed by atoms with E-state index in [0.29, 0.717) is 17.4 Å². The molecule has 1 heterocycles. The molecule has 13 heavy (non-hydrogen) atoms. The minimum Gasteiger partial charge on any atom is -0.475 e. The summed E-state index contributed by atoms with van der Waals surface area (Å²) in [5.41, 5.74) is 6.34. The second-order valence-corrected chi connectivity index (χ2v) is 3.39. The number of hydrogen-bond donors (Lipinski definition) is 1. The lowest BCUT2D eigenvalue weighted by Crippen LogP contribution is -2.08. The fraction of sp³-hybridized carbons (Fsp3) is 0.444. The van der Waals surface area contributed by atoms with Gasteiger partial charge in [-0.15, -0.1) is 0 Å². The lowest BCUT2D eigenvalue weighted by molar-refractivity contribution is 0.232. The quantitative estimate of drug-likeness (QED) is 0.812. The minimum absolute atomic E-state index is 0.110. The van der Waals surface area contributed by atoms with Crippen molar-refractivity contribution in [3.05, 3.63) is 22.8 Å². The molecule has 0 atom stereocenters. The number of rotatable bonds is 3. The van der Waals surface area contributed by atoms with Crippen LogP contribution in [-0.2, 0) is 6.54 Å². The van der Waals surface area contributed by atoms with Crippen LogP contribution >= 0.6 is 11.6 Å². The van der Waals surface area contributed by atoms with Crippen LogP contribution in [0, 0.1) is 0 Å². The van der Waals surface area contributed by atoms with E-state index < -0.39 is 0 Å². The van der Waals surface area contributed by atoms with Crippen LogP contribution in [-0.4, -0.2) is 11.1 Å². The molecule has 2 N–H and O–H groups in total. The number of halogens is 1. The fourth-order valence-corrected chi connectivity index (χ4v) is 1.10. The van der Waals surface area contributed by atoms with E-state index in [9.17, 15) is 0 Å². The Kier molecular flexibility index (Phi) is 3.51. The molecule has 0 spiro atoms. The second kappa shape index (κ2) is 4.44. The zero-order valence-electron chi connectivity index (χ0n) is 7.75. The summed E-state index contributed by atoms with van der Waals surface area (Å²) in [5.74, 6) is 0.569. The Bertz CT molecular complexity index is 289. The lowest BCUT2D eigenvalue weighted by Gasteiger charge is -2.09. The molecule has 0 aromatic carbocycles. The largest absolute Gasteiger partial charge is 0.475 e. The SMILES string of the molecule is CC(C)Oc1cc(CN)c(Cl)cn1. The van der Waals surface area contributed by atoms with Gasteiger partial charge in [-0.1, -0.05) is 11.6 Å². The molecule has 0 saturated heterocycles. The summed E-state index contributed by atoms with van der Waals surface area (Å²) in [6.45, 7) is 4.28. The summed E-state index contributed by atoms with van der Waals surface area (Å²) in [6, 6.07) is 1.77. The van der Waals surface area contributed by atoms with Crippen molar-refractivity contribution < 1.29 is 4.74 Å². The maximum absolute atomic E-state index is 5.83. The van der Waals surface area contributed by atoms with Crippen molar-refractivity contribution in [2.75, 3.05) is 0 Å². The van der Waals surface area contributed by atoms with Crippen molar-refractivity contribution in [2.45, 2.75) is 26.5 Å². The normalized spacial score (nSPS) is 10.5. The van der Waals surface area contributed by atoms with Crippen LogP contribution in [0.5, 0.6) is 5.88 Å². The molecule has 1 rings (SSSR count). The van der Waals surface area contributed by atoms with Gasteiger partial charge in [0.05, 0.1) is 11.1 Å². The molecule has 0 amide bonds. The van der Waals surface area contributed by atoms with E-state index in [4.69, 9.17) is 22.1 Å². The Labute approximate surface area is 82.9 Å². The zero-order valence-corrected chi connectivity index (χ0v) is 8.51. The first-order valence-corrected chi connectivity index (χ1v) is 4.52. The summed E-state index contributed by atoms with van der Waals surface area (Å²) >= 11 is 5.83. The van der Waals surface area contributed by atoms with Crippen LogP contribution < -0.4 is 10.5 Å². The first kappa shape index (κ1) is 10.3. The van der Waals surface area contributed by atoms with Gasteiger partial charge >= 0.3 is 0 Å². The van der Waals surface area contributed by atoms with E-state index in [1.54, 1.807) is 12.3 Å². The maximum Gasteiger partial charge on any atom is 0.213 e. The smallest absolute Gasteiger partial charge is 0.213 e. The molecule has 0 bridgehead atoms. The minimum atomic E-state index is 0.110. The zero-order chi connectivity index (χ0) is 9.84. The first-order chi connectivity index (χ1) is 6.13. The number of aromatic nitrogens is 1. The van der Waals surface area contributed by atoms with Gasteiger partial charge in [0, 0.05) is 18.8 Å². The monoisotopic (exact) mass is 200 g/mol. The average Bonchev–Trinajstić information content (AvgIpc) is 2.07. The molecule has 0 unspecified atom stereocenters. The molecule has 3 nitrogen and oxygen atoms in total. The van der Waals surface area contributed by atoms with Gasteiger partial charge in [-0.2, -0.15) is 0 Å². The van der Waals surface area contributed by atoms with E-state index in [1.165, 1.54) is 0 Å². The molecule has 0 aliphatic rings. The number of ether oxygens (including phenoxy) is 1. The highest BCUT2D eigenvalue weighted by Crippen LogP contribution is 2.19. The van der Waals surface area contributed by atoms with Crippen LogP contribution in [0.15, 0.2) is 12.3 Å². The first-order valence-electron chi connectivity index (χ1n) is 4.14. The van der Waals surface area contributed by atoms with Gasteiger partial charge < -0.3 is 10.5 Å². The second-order valence-electron chi connectivity index (χ2n) is 2.98. The third-order valence-electron chi connectivity index (χ3n) is 1.49. The van der Waals surface area contributed by atoms with Crippen LogP contribution in [0.2, 0.25) is 5.02 Å². The summed E-state index contributed by atoms with van der Waals surface area (Å²) in [4.78, 5) is 4.02. The van der Waals surface area contributed by atoms with Gasteiger partial charge in [0.25, 0.3) is 0 Å². The highest BCUT2D eigenvalue weighted by atomic mass is 35.5. The molecule has 0 fully saturated rings. The maximum atomic E-state index is 5.83. The van der Waals surface area contributed by atoms with Crippen molar-refractivity contribution in [3.63, 3.8) is 0 Å². The number of hydrogen-bond acceptors (Lipinski definition) is 3. The van der Waals surface area contributed by atoms with Gasteiger partial charge in [-0.25, -0.2) is 4.98 Å². The van der Waals surface area contributed by atoms with E-state index in [-0.39, 0.29) is 6.10 Å². The van der Waals surface area contributed by atoms with E-state index in [2.05, 4.69) is 4.98 Å².